The maximum absolute atomic E-state index is 6.20. The molecule has 2 fully saturated rings. The number of nitrogens with two attached hydrogens (primary N) is 1. The molecule has 0 radical (unpaired) electrons. The summed E-state index contributed by atoms with van der Waals surface area (Å²) < 4.78 is 5.77. The lowest BCUT2D eigenvalue weighted by Gasteiger charge is -2.44. The first kappa shape index (κ1) is 14.3. The van der Waals surface area contributed by atoms with Crippen molar-refractivity contribution in [3.63, 3.8) is 0 Å². The first-order valence-electron chi connectivity index (χ1n) is 7.61. The maximum atomic E-state index is 6.20. The molecule has 0 aromatic rings. The molecule has 3 nitrogen and oxygen atoms in total. The number of ether oxygens (including phenoxy) is 1. The van der Waals surface area contributed by atoms with E-state index in [1.54, 1.807) is 0 Å². The molecule has 0 saturated carbocycles. The zero-order chi connectivity index (χ0) is 13.2. The molecule has 0 amide bonds. The summed E-state index contributed by atoms with van der Waals surface area (Å²) in [6.07, 6.45) is 5.29. The average molecular weight is 254 g/mol. The van der Waals surface area contributed by atoms with Gasteiger partial charge in [-0.2, -0.15) is 0 Å². The highest BCUT2D eigenvalue weighted by molar-refractivity contribution is 4.90. The van der Waals surface area contributed by atoms with Crippen molar-refractivity contribution in [2.45, 2.75) is 58.6 Å². The van der Waals surface area contributed by atoms with Crippen LogP contribution in [0.25, 0.3) is 0 Å². The van der Waals surface area contributed by atoms with Gasteiger partial charge in [0.1, 0.15) is 0 Å². The van der Waals surface area contributed by atoms with Gasteiger partial charge in [0.25, 0.3) is 0 Å². The lowest BCUT2D eigenvalue weighted by Crippen LogP contribution is -2.53. The predicted octanol–water partition coefficient (Wildman–Crippen LogP) is 2.25. The summed E-state index contributed by atoms with van der Waals surface area (Å²) in [5, 5.41) is 0. The van der Waals surface area contributed by atoms with Crippen molar-refractivity contribution in [2.75, 3.05) is 26.2 Å². The number of rotatable bonds is 3. The zero-order valence-corrected chi connectivity index (χ0v) is 12.3. The number of nitrogens with zero attached hydrogens (tertiary/aromatic N) is 1. The molecule has 2 rings (SSSR count). The summed E-state index contributed by atoms with van der Waals surface area (Å²) in [6, 6.07) is 0.367. The van der Waals surface area contributed by atoms with Crippen LogP contribution < -0.4 is 5.73 Å². The van der Waals surface area contributed by atoms with Crippen LogP contribution in [0.5, 0.6) is 0 Å². The van der Waals surface area contributed by atoms with Crippen LogP contribution in [0.4, 0.5) is 0 Å². The van der Waals surface area contributed by atoms with Gasteiger partial charge in [0.15, 0.2) is 0 Å². The van der Waals surface area contributed by atoms with Gasteiger partial charge in [-0.1, -0.05) is 20.8 Å². The van der Waals surface area contributed by atoms with E-state index >= 15 is 0 Å². The van der Waals surface area contributed by atoms with E-state index in [9.17, 15) is 0 Å². The molecular formula is C15H30N2O. The SMILES string of the molecule is CCC1CC(CN2CCC(N)C(C)(C)C2)CCO1. The fraction of sp³-hybridized carbons (Fsp3) is 1.00. The third kappa shape index (κ3) is 3.46. The number of likely N-dealkylation sites (tertiary alicyclic amines) is 1. The quantitative estimate of drug-likeness (QED) is 0.839. The molecule has 2 N–H and O–H groups in total. The van der Waals surface area contributed by atoms with Crippen LogP contribution in [0.15, 0.2) is 0 Å². The van der Waals surface area contributed by atoms with E-state index in [4.69, 9.17) is 10.5 Å². The van der Waals surface area contributed by atoms with E-state index in [2.05, 4.69) is 25.7 Å². The first-order chi connectivity index (χ1) is 8.51. The van der Waals surface area contributed by atoms with E-state index in [0.29, 0.717) is 12.1 Å². The molecule has 2 saturated heterocycles. The Hall–Kier alpha value is -0.120. The summed E-state index contributed by atoms with van der Waals surface area (Å²) in [7, 11) is 0. The Morgan fingerprint density at radius 1 is 1.33 bits per heavy atom. The van der Waals surface area contributed by atoms with E-state index in [0.717, 1.165) is 31.9 Å². The molecule has 3 atom stereocenters. The molecule has 3 unspecified atom stereocenters. The van der Waals surface area contributed by atoms with Gasteiger partial charge >= 0.3 is 0 Å². The summed E-state index contributed by atoms with van der Waals surface area (Å²) in [5.74, 6) is 0.828. The highest BCUT2D eigenvalue weighted by Crippen LogP contribution is 2.30. The van der Waals surface area contributed by atoms with E-state index in [1.807, 2.05) is 0 Å². The summed E-state index contributed by atoms with van der Waals surface area (Å²) in [6.45, 7) is 11.4. The number of hydrogen-bond acceptors (Lipinski definition) is 3. The molecule has 3 heteroatoms. The van der Waals surface area contributed by atoms with Crippen molar-refractivity contribution >= 4 is 0 Å². The van der Waals surface area contributed by atoms with Crippen molar-refractivity contribution in [1.82, 2.24) is 4.90 Å². The minimum absolute atomic E-state index is 0.271. The zero-order valence-electron chi connectivity index (χ0n) is 12.3. The van der Waals surface area contributed by atoms with Crippen LogP contribution in [0, 0.1) is 11.3 Å². The molecule has 0 aromatic heterocycles. The molecule has 0 aliphatic carbocycles. The van der Waals surface area contributed by atoms with Crippen molar-refractivity contribution in [2.24, 2.45) is 17.1 Å². The average Bonchev–Trinajstić information content (AvgIpc) is 2.34. The Morgan fingerprint density at radius 3 is 2.78 bits per heavy atom. The molecule has 0 spiro atoms. The standard InChI is InChI=1S/C15H30N2O/c1-4-13-9-12(6-8-18-13)10-17-7-5-14(16)15(2,3)11-17/h12-14H,4-11,16H2,1-3H3. The van der Waals surface area contributed by atoms with Crippen LogP contribution in [-0.2, 0) is 4.74 Å². The monoisotopic (exact) mass is 254 g/mol. The minimum Gasteiger partial charge on any atom is -0.378 e. The van der Waals surface area contributed by atoms with Gasteiger partial charge in [0.2, 0.25) is 0 Å². The van der Waals surface area contributed by atoms with E-state index in [1.165, 1.54) is 25.9 Å². The molecule has 18 heavy (non-hydrogen) atoms. The van der Waals surface area contributed by atoms with Crippen LogP contribution in [-0.4, -0.2) is 43.3 Å². The predicted molar refractivity (Wildman–Crippen MR) is 75.6 cm³/mol. The third-order valence-corrected chi connectivity index (χ3v) is 4.84. The fourth-order valence-electron chi connectivity index (χ4n) is 3.42. The fourth-order valence-corrected chi connectivity index (χ4v) is 3.42. The third-order valence-electron chi connectivity index (χ3n) is 4.84. The lowest BCUT2D eigenvalue weighted by atomic mass is 9.79. The van der Waals surface area contributed by atoms with E-state index < -0.39 is 0 Å². The second-order valence-corrected chi connectivity index (χ2v) is 6.91. The number of hydrogen-bond donors (Lipinski definition) is 1. The van der Waals surface area contributed by atoms with Crippen LogP contribution in [0.3, 0.4) is 0 Å². The van der Waals surface area contributed by atoms with E-state index in [-0.39, 0.29) is 5.41 Å². The van der Waals surface area contributed by atoms with Crippen molar-refractivity contribution in [3.8, 4) is 0 Å². The molecular weight excluding hydrogens is 224 g/mol. The lowest BCUT2D eigenvalue weighted by molar-refractivity contribution is -0.0240. The molecule has 2 aliphatic heterocycles. The normalized spacial score (nSPS) is 37.7. The first-order valence-corrected chi connectivity index (χ1v) is 7.61. The van der Waals surface area contributed by atoms with Gasteiger partial charge in [-0.05, 0) is 43.6 Å². The minimum atomic E-state index is 0.271. The Labute approximate surface area is 112 Å². The Balaban J connectivity index is 1.82. The van der Waals surface area contributed by atoms with Gasteiger partial charge in [0.05, 0.1) is 6.10 Å². The molecule has 2 aliphatic rings. The van der Waals surface area contributed by atoms with Gasteiger partial charge < -0.3 is 15.4 Å². The molecule has 106 valence electrons. The Kier molecular flexibility index (Phi) is 4.68. The van der Waals surface area contributed by atoms with Gasteiger partial charge in [-0.15, -0.1) is 0 Å². The topological polar surface area (TPSA) is 38.5 Å². The summed E-state index contributed by atoms with van der Waals surface area (Å²) in [4.78, 5) is 2.63. The van der Waals surface area contributed by atoms with Gasteiger partial charge in [0, 0.05) is 25.7 Å². The van der Waals surface area contributed by atoms with Crippen LogP contribution in [0.1, 0.15) is 46.5 Å². The summed E-state index contributed by atoms with van der Waals surface area (Å²) >= 11 is 0. The van der Waals surface area contributed by atoms with Crippen LogP contribution in [0.2, 0.25) is 0 Å². The number of piperidine rings is 1. The van der Waals surface area contributed by atoms with Crippen LogP contribution >= 0.6 is 0 Å². The molecule has 0 bridgehead atoms. The Morgan fingerprint density at radius 2 is 2.11 bits per heavy atom. The highest BCUT2D eigenvalue weighted by atomic mass is 16.5. The second-order valence-electron chi connectivity index (χ2n) is 6.91. The van der Waals surface area contributed by atoms with Crippen molar-refractivity contribution < 1.29 is 4.74 Å². The highest BCUT2D eigenvalue weighted by Gasteiger charge is 2.34. The summed E-state index contributed by atoms with van der Waals surface area (Å²) in [5.41, 5.74) is 6.48. The largest absolute Gasteiger partial charge is 0.378 e. The van der Waals surface area contributed by atoms with Crippen molar-refractivity contribution in [3.05, 3.63) is 0 Å². The maximum Gasteiger partial charge on any atom is 0.0575 e. The second kappa shape index (κ2) is 5.89. The van der Waals surface area contributed by atoms with Gasteiger partial charge in [-0.25, -0.2) is 0 Å². The molecule has 2 heterocycles. The smallest absolute Gasteiger partial charge is 0.0575 e. The molecule has 0 aromatic carbocycles. The Bertz CT molecular complexity index is 267. The van der Waals surface area contributed by atoms with Gasteiger partial charge in [-0.3, -0.25) is 0 Å². The van der Waals surface area contributed by atoms with Crippen molar-refractivity contribution in [1.29, 1.82) is 0 Å².